The third-order valence-corrected chi connectivity index (χ3v) is 4.81. The summed E-state index contributed by atoms with van der Waals surface area (Å²) in [5.41, 5.74) is 0. The van der Waals surface area contributed by atoms with Crippen molar-refractivity contribution < 1.29 is 9.05 Å². The maximum Gasteiger partial charge on any atom is 0.240 e. The van der Waals surface area contributed by atoms with Crippen LogP contribution < -0.4 is 0 Å². The van der Waals surface area contributed by atoms with Crippen LogP contribution in [0.3, 0.4) is 0 Å². The van der Waals surface area contributed by atoms with E-state index in [0.717, 1.165) is 36.9 Å². The van der Waals surface area contributed by atoms with Gasteiger partial charge < -0.3 is 9.05 Å². The van der Waals surface area contributed by atoms with Gasteiger partial charge in [-0.05, 0) is 45.1 Å². The fourth-order valence-corrected chi connectivity index (χ4v) is 3.20. The number of hydrogen-bond acceptors (Lipinski definition) is 7. The van der Waals surface area contributed by atoms with Crippen LogP contribution in [0.15, 0.2) is 9.05 Å². The SMILES string of the molecule is C1C[C@H](c2noc(C3CC3)n2)N(Cc2nc(C3CC3)no2)C1. The minimum atomic E-state index is 0.215. The molecule has 3 aliphatic rings. The van der Waals surface area contributed by atoms with Crippen LogP contribution in [-0.2, 0) is 6.54 Å². The molecule has 3 heterocycles. The van der Waals surface area contributed by atoms with Gasteiger partial charge in [-0.2, -0.15) is 9.97 Å². The molecule has 0 N–H and O–H groups in total. The van der Waals surface area contributed by atoms with Gasteiger partial charge in [-0.1, -0.05) is 10.3 Å². The van der Waals surface area contributed by atoms with E-state index in [4.69, 9.17) is 9.05 Å². The molecule has 0 bridgehead atoms. The normalized spacial score (nSPS) is 25.9. The van der Waals surface area contributed by atoms with Crippen LogP contribution >= 0.6 is 0 Å². The first-order chi connectivity index (χ1) is 10.9. The maximum atomic E-state index is 5.40. The van der Waals surface area contributed by atoms with Crippen molar-refractivity contribution in [3.05, 3.63) is 23.4 Å². The predicted molar refractivity (Wildman–Crippen MR) is 74.9 cm³/mol. The van der Waals surface area contributed by atoms with Gasteiger partial charge in [0.2, 0.25) is 11.8 Å². The van der Waals surface area contributed by atoms with E-state index >= 15 is 0 Å². The molecule has 5 rings (SSSR count). The summed E-state index contributed by atoms with van der Waals surface area (Å²) in [4.78, 5) is 11.5. The van der Waals surface area contributed by atoms with Gasteiger partial charge in [-0.25, -0.2) is 0 Å². The molecule has 0 amide bonds. The van der Waals surface area contributed by atoms with Crippen molar-refractivity contribution in [3.63, 3.8) is 0 Å². The zero-order valence-electron chi connectivity index (χ0n) is 12.4. The van der Waals surface area contributed by atoms with Gasteiger partial charge >= 0.3 is 0 Å². The molecule has 7 nitrogen and oxygen atoms in total. The quantitative estimate of drug-likeness (QED) is 0.839. The second kappa shape index (κ2) is 4.87. The Kier molecular flexibility index (Phi) is 2.82. The van der Waals surface area contributed by atoms with E-state index < -0.39 is 0 Å². The molecule has 1 saturated heterocycles. The van der Waals surface area contributed by atoms with Crippen LogP contribution in [0, 0.1) is 0 Å². The Morgan fingerprint density at radius 1 is 0.909 bits per heavy atom. The zero-order valence-corrected chi connectivity index (χ0v) is 12.4. The Balaban J connectivity index is 1.31. The van der Waals surface area contributed by atoms with E-state index in [1.165, 1.54) is 25.7 Å². The van der Waals surface area contributed by atoms with Crippen LogP contribution in [0.5, 0.6) is 0 Å². The van der Waals surface area contributed by atoms with Gasteiger partial charge in [-0.15, -0.1) is 0 Å². The highest BCUT2D eigenvalue weighted by Crippen LogP contribution is 2.41. The monoisotopic (exact) mass is 301 g/mol. The Labute approximate surface area is 128 Å². The fourth-order valence-electron chi connectivity index (χ4n) is 3.20. The average molecular weight is 301 g/mol. The Bertz CT molecular complexity index is 673. The summed E-state index contributed by atoms with van der Waals surface area (Å²) < 4.78 is 10.8. The lowest BCUT2D eigenvalue weighted by molar-refractivity contribution is 0.202. The van der Waals surface area contributed by atoms with Crippen molar-refractivity contribution in [2.24, 2.45) is 0 Å². The second-order valence-corrected chi connectivity index (χ2v) is 6.71. The van der Waals surface area contributed by atoms with Crippen LogP contribution in [0.25, 0.3) is 0 Å². The molecule has 2 aromatic heterocycles. The molecule has 22 heavy (non-hydrogen) atoms. The number of aromatic nitrogens is 4. The minimum Gasteiger partial charge on any atom is -0.339 e. The molecule has 0 radical (unpaired) electrons. The van der Waals surface area contributed by atoms with E-state index in [9.17, 15) is 0 Å². The summed E-state index contributed by atoms with van der Waals surface area (Å²) in [6, 6.07) is 0.215. The summed E-state index contributed by atoms with van der Waals surface area (Å²) in [7, 11) is 0. The van der Waals surface area contributed by atoms with E-state index in [1.54, 1.807) is 0 Å². The van der Waals surface area contributed by atoms with Crippen LogP contribution in [0.1, 0.15) is 79.8 Å². The summed E-state index contributed by atoms with van der Waals surface area (Å²) >= 11 is 0. The van der Waals surface area contributed by atoms with E-state index in [1.807, 2.05) is 0 Å². The topological polar surface area (TPSA) is 81.1 Å². The van der Waals surface area contributed by atoms with Crippen molar-refractivity contribution >= 4 is 0 Å². The minimum absolute atomic E-state index is 0.215. The number of nitrogens with zero attached hydrogens (tertiary/aromatic N) is 5. The first-order valence-electron chi connectivity index (χ1n) is 8.27. The lowest BCUT2D eigenvalue weighted by atomic mass is 10.2. The largest absolute Gasteiger partial charge is 0.339 e. The van der Waals surface area contributed by atoms with Gasteiger partial charge in [0.15, 0.2) is 11.6 Å². The van der Waals surface area contributed by atoms with Gasteiger partial charge in [0.1, 0.15) is 0 Å². The van der Waals surface area contributed by atoms with Crippen molar-refractivity contribution in [1.82, 2.24) is 25.2 Å². The highest BCUT2D eigenvalue weighted by Gasteiger charge is 2.35. The Morgan fingerprint density at radius 3 is 2.55 bits per heavy atom. The molecule has 1 aliphatic heterocycles. The molecule has 0 unspecified atom stereocenters. The summed E-state index contributed by atoms with van der Waals surface area (Å²) in [5, 5.41) is 8.29. The van der Waals surface area contributed by atoms with E-state index in [-0.39, 0.29) is 6.04 Å². The lowest BCUT2D eigenvalue weighted by Crippen LogP contribution is -2.23. The second-order valence-electron chi connectivity index (χ2n) is 6.71. The number of hydrogen-bond donors (Lipinski definition) is 0. The van der Waals surface area contributed by atoms with Gasteiger partial charge in [0.05, 0.1) is 12.6 Å². The van der Waals surface area contributed by atoms with Gasteiger partial charge in [0.25, 0.3) is 0 Å². The van der Waals surface area contributed by atoms with Crippen molar-refractivity contribution in [3.8, 4) is 0 Å². The van der Waals surface area contributed by atoms with E-state index in [0.29, 0.717) is 24.3 Å². The van der Waals surface area contributed by atoms with Gasteiger partial charge in [0, 0.05) is 11.8 Å². The molecule has 0 aromatic carbocycles. The highest BCUT2D eigenvalue weighted by atomic mass is 16.5. The Hall–Kier alpha value is -1.76. The molecule has 0 spiro atoms. The molecule has 7 heteroatoms. The molecular weight excluding hydrogens is 282 g/mol. The fraction of sp³-hybridized carbons (Fsp3) is 0.733. The van der Waals surface area contributed by atoms with Crippen molar-refractivity contribution in [1.29, 1.82) is 0 Å². The maximum absolute atomic E-state index is 5.40. The lowest BCUT2D eigenvalue weighted by Gasteiger charge is -2.19. The third-order valence-electron chi connectivity index (χ3n) is 4.81. The molecule has 3 fully saturated rings. The summed E-state index contributed by atoms with van der Waals surface area (Å²) in [5.74, 6) is 4.26. The average Bonchev–Trinajstić information content (AvgIpc) is 3.42. The zero-order chi connectivity index (χ0) is 14.5. The standard InChI is InChI=1S/C15H19N5O2/c1-2-11(14-17-15(22-19-14)10-5-6-10)20(7-1)8-12-16-13(18-21-12)9-3-4-9/h9-11H,1-8H2/t11-/m1/s1. The van der Waals surface area contributed by atoms with Gasteiger partial charge in [-0.3, -0.25) is 4.90 Å². The Morgan fingerprint density at radius 2 is 1.73 bits per heavy atom. The first kappa shape index (κ1) is 12.8. The first-order valence-corrected chi connectivity index (χ1v) is 8.27. The molecule has 2 aromatic rings. The summed E-state index contributed by atoms with van der Waals surface area (Å²) in [6.45, 7) is 1.69. The smallest absolute Gasteiger partial charge is 0.240 e. The molecule has 2 aliphatic carbocycles. The molecule has 2 saturated carbocycles. The van der Waals surface area contributed by atoms with Crippen molar-refractivity contribution in [2.75, 3.05) is 6.54 Å². The van der Waals surface area contributed by atoms with Crippen LogP contribution in [-0.4, -0.2) is 31.7 Å². The number of likely N-dealkylation sites (tertiary alicyclic amines) is 1. The van der Waals surface area contributed by atoms with Crippen molar-refractivity contribution in [2.45, 2.75) is 62.9 Å². The van der Waals surface area contributed by atoms with E-state index in [2.05, 4.69) is 25.2 Å². The summed E-state index contributed by atoms with van der Waals surface area (Å²) in [6.07, 6.45) is 6.95. The predicted octanol–water partition coefficient (Wildman–Crippen LogP) is 2.54. The highest BCUT2D eigenvalue weighted by molar-refractivity contribution is 5.06. The third kappa shape index (κ3) is 2.33. The van der Waals surface area contributed by atoms with Crippen LogP contribution in [0.4, 0.5) is 0 Å². The molecule has 116 valence electrons. The molecular formula is C15H19N5O2. The van der Waals surface area contributed by atoms with Crippen LogP contribution in [0.2, 0.25) is 0 Å². The number of rotatable bonds is 5. The molecule has 1 atom stereocenters.